The van der Waals surface area contributed by atoms with Gasteiger partial charge in [-0.15, -0.1) is 0 Å². The zero-order valence-corrected chi connectivity index (χ0v) is 21.8. The Morgan fingerprint density at radius 3 is 2.49 bits per heavy atom. The van der Waals surface area contributed by atoms with E-state index in [4.69, 9.17) is 25.6 Å². The molecule has 0 saturated carbocycles. The van der Waals surface area contributed by atoms with Crippen molar-refractivity contribution in [3.8, 4) is 34.3 Å². The molecule has 0 aliphatic heterocycles. The van der Waals surface area contributed by atoms with E-state index in [1.165, 1.54) is 4.57 Å². The van der Waals surface area contributed by atoms with Crippen molar-refractivity contribution < 1.29 is 18.8 Å². The molecule has 2 aromatic carbocycles. The first kappa shape index (κ1) is 26.0. The smallest absolute Gasteiger partial charge is 0.264 e. The van der Waals surface area contributed by atoms with Gasteiger partial charge >= 0.3 is 0 Å². The van der Waals surface area contributed by atoms with Crippen molar-refractivity contribution in [3.63, 3.8) is 0 Å². The van der Waals surface area contributed by atoms with Crippen LogP contribution in [0.4, 0.5) is 0 Å². The summed E-state index contributed by atoms with van der Waals surface area (Å²) < 4.78 is 17.4. The van der Waals surface area contributed by atoms with Crippen LogP contribution in [0, 0.1) is 13.8 Å². The summed E-state index contributed by atoms with van der Waals surface area (Å²) in [5, 5.41) is 7.47. The van der Waals surface area contributed by atoms with Gasteiger partial charge in [-0.2, -0.15) is 4.98 Å². The Bertz CT molecular complexity index is 1480. The zero-order chi connectivity index (χ0) is 26.5. The van der Waals surface area contributed by atoms with Crippen LogP contribution in [-0.2, 0) is 17.8 Å². The lowest BCUT2D eigenvalue weighted by atomic mass is 10.1. The van der Waals surface area contributed by atoms with Crippen molar-refractivity contribution in [2.24, 2.45) is 0 Å². The van der Waals surface area contributed by atoms with Crippen LogP contribution in [0.1, 0.15) is 16.8 Å². The predicted octanol–water partition coefficient (Wildman–Crippen LogP) is 4.21. The van der Waals surface area contributed by atoms with Crippen molar-refractivity contribution in [1.82, 2.24) is 20.0 Å². The highest BCUT2D eigenvalue weighted by atomic mass is 35.5. The molecule has 0 radical (unpaired) electrons. The Labute approximate surface area is 219 Å². The lowest BCUT2D eigenvalue weighted by Crippen LogP contribution is -2.35. The van der Waals surface area contributed by atoms with Crippen LogP contribution >= 0.6 is 11.6 Å². The second kappa shape index (κ2) is 11.3. The highest BCUT2D eigenvalue weighted by Gasteiger charge is 2.20. The molecule has 0 bridgehead atoms. The maximum Gasteiger partial charge on any atom is 0.264 e. The van der Waals surface area contributed by atoms with Gasteiger partial charge in [0.05, 0.1) is 14.2 Å². The van der Waals surface area contributed by atoms with E-state index >= 15 is 0 Å². The van der Waals surface area contributed by atoms with Crippen LogP contribution < -0.4 is 20.3 Å². The van der Waals surface area contributed by atoms with Gasteiger partial charge in [0.25, 0.3) is 11.4 Å². The molecule has 4 rings (SSSR count). The Hall–Kier alpha value is -4.11. The largest absolute Gasteiger partial charge is 0.493 e. The number of halogens is 1. The Balaban J connectivity index is 1.48. The molecule has 4 aromatic rings. The summed E-state index contributed by atoms with van der Waals surface area (Å²) >= 11 is 5.95. The Morgan fingerprint density at radius 2 is 1.78 bits per heavy atom. The molecule has 2 heterocycles. The van der Waals surface area contributed by atoms with Gasteiger partial charge in [0.2, 0.25) is 11.7 Å². The van der Waals surface area contributed by atoms with Gasteiger partial charge in [-0.1, -0.05) is 22.8 Å². The number of methoxy groups -OCH3 is 2. The number of pyridine rings is 1. The summed E-state index contributed by atoms with van der Waals surface area (Å²) in [6.07, 6.45) is 0.592. The highest BCUT2D eigenvalue weighted by molar-refractivity contribution is 6.30. The number of nitrogens with zero attached hydrogens (tertiary/aromatic N) is 3. The Morgan fingerprint density at radius 1 is 1.05 bits per heavy atom. The number of nitrogens with one attached hydrogen (secondary N) is 1. The van der Waals surface area contributed by atoms with E-state index in [0.29, 0.717) is 52.1 Å². The number of aromatic nitrogens is 3. The number of benzene rings is 2. The molecule has 192 valence electrons. The van der Waals surface area contributed by atoms with E-state index in [2.05, 4.69) is 15.5 Å². The first-order valence-electron chi connectivity index (χ1n) is 11.6. The number of carbonyl (C=O) groups is 1. The standard InChI is InChI=1S/C27H27ClN4O5/c1-16-13-17(2)32(15-23(33)29-12-11-18-5-10-21(35-3)22(14-18)36-4)27(34)24(16)26-30-25(31-37-26)19-6-8-20(28)9-7-19/h5-10,13-14H,11-12,15H2,1-4H3,(H,29,33). The summed E-state index contributed by atoms with van der Waals surface area (Å²) in [5.41, 5.74) is 2.91. The third-order valence-electron chi connectivity index (χ3n) is 5.93. The quantitative estimate of drug-likeness (QED) is 0.350. The molecule has 0 unspecified atom stereocenters. The molecule has 0 saturated heterocycles. The molecular weight excluding hydrogens is 496 g/mol. The second-order valence-corrected chi connectivity index (χ2v) is 8.89. The fourth-order valence-electron chi connectivity index (χ4n) is 4.01. The molecule has 9 nitrogen and oxygen atoms in total. The lowest BCUT2D eigenvalue weighted by Gasteiger charge is -2.13. The van der Waals surface area contributed by atoms with E-state index in [1.54, 1.807) is 52.3 Å². The molecule has 0 spiro atoms. The molecule has 0 atom stereocenters. The SMILES string of the molecule is COc1ccc(CCNC(=O)Cn2c(C)cc(C)c(-c3nc(-c4ccc(Cl)cc4)no3)c2=O)cc1OC. The summed E-state index contributed by atoms with van der Waals surface area (Å²) in [4.78, 5) is 30.5. The predicted molar refractivity (Wildman–Crippen MR) is 140 cm³/mol. The molecule has 37 heavy (non-hydrogen) atoms. The fraction of sp³-hybridized carbons (Fsp3) is 0.259. The van der Waals surface area contributed by atoms with Crippen LogP contribution in [0.25, 0.3) is 22.8 Å². The van der Waals surface area contributed by atoms with Crippen LogP contribution in [0.3, 0.4) is 0 Å². The lowest BCUT2D eigenvalue weighted by molar-refractivity contribution is -0.121. The molecule has 0 aliphatic rings. The van der Waals surface area contributed by atoms with Gasteiger partial charge < -0.3 is 23.9 Å². The minimum Gasteiger partial charge on any atom is -0.493 e. The van der Waals surface area contributed by atoms with Crippen molar-refractivity contribution >= 4 is 17.5 Å². The maximum absolute atomic E-state index is 13.4. The number of amides is 1. The number of ether oxygens (including phenoxy) is 2. The third-order valence-corrected chi connectivity index (χ3v) is 6.18. The first-order chi connectivity index (χ1) is 17.8. The monoisotopic (exact) mass is 522 g/mol. The van der Waals surface area contributed by atoms with Crippen molar-refractivity contribution in [1.29, 1.82) is 0 Å². The second-order valence-electron chi connectivity index (χ2n) is 8.45. The Kier molecular flexibility index (Phi) is 7.93. The van der Waals surface area contributed by atoms with E-state index in [1.807, 2.05) is 24.3 Å². The van der Waals surface area contributed by atoms with Crippen LogP contribution in [0.5, 0.6) is 11.5 Å². The number of aryl methyl sites for hydroxylation is 2. The van der Waals surface area contributed by atoms with Gasteiger partial charge in [0.1, 0.15) is 12.1 Å². The van der Waals surface area contributed by atoms with Gasteiger partial charge in [-0.3, -0.25) is 9.59 Å². The van der Waals surface area contributed by atoms with Crippen LogP contribution in [0.15, 0.2) is 57.8 Å². The summed E-state index contributed by atoms with van der Waals surface area (Å²) in [6.45, 7) is 3.84. The van der Waals surface area contributed by atoms with Crippen molar-refractivity contribution in [3.05, 3.63) is 80.7 Å². The molecule has 1 N–H and O–H groups in total. The number of hydrogen-bond acceptors (Lipinski definition) is 7. The summed E-state index contributed by atoms with van der Waals surface area (Å²) in [7, 11) is 3.15. The van der Waals surface area contributed by atoms with Gasteiger partial charge in [-0.25, -0.2) is 0 Å². The molecular formula is C27H27ClN4O5. The average molecular weight is 523 g/mol. The number of hydrogen-bond donors (Lipinski definition) is 1. The molecule has 1 amide bonds. The highest BCUT2D eigenvalue weighted by Crippen LogP contribution is 2.27. The van der Waals surface area contributed by atoms with E-state index in [-0.39, 0.29) is 29.5 Å². The average Bonchev–Trinajstić information content (AvgIpc) is 3.36. The minimum absolute atomic E-state index is 0.0926. The fourth-order valence-corrected chi connectivity index (χ4v) is 4.13. The minimum atomic E-state index is -0.376. The first-order valence-corrected chi connectivity index (χ1v) is 12.0. The van der Waals surface area contributed by atoms with E-state index in [0.717, 1.165) is 5.56 Å². The normalized spacial score (nSPS) is 10.8. The van der Waals surface area contributed by atoms with Crippen molar-refractivity contribution in [2.45, 2.75) is 26.8 Å². The van der Waals surface area contributed by atoms with E-state index in [9.17, 15) is 9.59 Å². The van der Waals surface area contributed by atoms with Crippen molar-refractivity contribution in [2.75, 3.05) is 20.8 Å². The summed E-state index contributed by atoms with van der Waals surface area (Å²) in [6, 6.07) is 14.4. The molecule has 0 aliphatic carbocycles. The molecule has 10 heteroatoms. The van der Waals surface area contributed by atoms with E-state index < -0.39 is 0 Å². The van der Waals surface area contributed by atoms with Gasteiger partial charge in [0.15, 0.2) is 11.5 Å². The van der Waals surface area contributed by atoms with Gasteiger partial charge in [-0.05, 0) is 73.9 Å². The number of carbonyl (C=O) groups excluding carboxylic acids is 1. The van der Waals surface area contributed by atoms with Crippen LogP contribution in [-0.4, -0.2) is 41.4 Å². The maximum atomic E-state index is 13.4. The number of rotatable bonds is 9. The third kappa shape index (κ3) is 5.83. The summed E-state index contributed by atoms with van der Waals surface area (Å²) in [5.74, 6) is 1.41. The molecule has 0 fully saturated rings. The molecule has 2 aromatic heterocycles. The zero-order valence-electron chi connectivity index (χ0n) is 21.0. The van der Waals surface area contributed by atoms with Gasteiger partial charge in [0, 0.05) is 22.8 Å². The van der Waals surface area contributed by atoms with Crippen LogP contribution in [0.2, 0.25) is 5.02 Å². The topological polar surface area (TPSA) is 108 Å².